The molecular weight excluding hydrogens is 186 g/mol. The van der Waals surface area contributed by atoms with Gasteiger partial charge in [-0.3, -0.25) is 0 Å². The predicted octanol–water partition coefficient (Wildman–Crippen LogP) is 3.30. The van der Waals surface area contributed by atoms with Gasteiger partial charge in [0.2, 0.25) is 0 Å². The molecule has 0 amide bonds. The van der Waals surface area contributed by atoms with E-state index in [1.807, 2.05) is 25.1 Å². The van der Waals surface area contributed by atoms with E-state index in [2.05, 4.69) is 18.3 Å². The van der Waals surface area contributed by atoms with E-state index in [0.29, 0.717) is 6.04 Å². The van der Waals surface area contributed by atoms with Crippen LogP contribution in [0.1, 0.15) is 26.7 Å². The minimum absolute atomic E-state index is 0.562. The lowest BCUT2D eigenvalue weighted by Crippen LogP contribution is -2.17. The van der Waals surface area contributed by atoms with Crippen LogP contribution >= 0.6 is 0 Å². The van der Waals surface area contributed by atoms with E-state index in [1.165, 1.54) is 12.8 Å². The minimum Gasteiger partial charge on any atom is -0.492 e. The van der Waals surface area contributed by atoms with Crippen molar-refractivity contribution in [2.75, 3.05) is 11.9 Å². The van der Waals surface area contributed by atoms with Crippen LogP contribution in [0.3, 0.4) is 0 Å². The van der Waals surface area contributed by atoms with Crippen molar-refractivity contribution in [3.05, 3.63) is 24.3 Å². The quantitative estimate of drug-likeness (QED) is 0.796. The highest BCUT2D eigenvalue weighted by Gasteiger charge is 2.28. The summed E-state index contributed by atoms with van der Waals surface area (Å²) in [4.78, 5) is 0. The van der Waals surface area contributed by atoms with E-state index >= 15 is 0 Å². The molecule has 1 atom stereocenters. The summed E-state index contributed by atoms with van der Waals surface area (Å²) < 4.78 is 5.58. The molecule has 0 bridgehead atoms. The predicted molar refractivity (Wildman–Crippen MR) is 63.4 cm³/mol. The summed E-state index contributed by atoms with van der Waals surface area (Å²) in [5.41, 5.74) is 1.12. The largest absolute Gasteiger partial charge is 0.492 e. The molecule has 1 unspecified atom stereocenters. The SMILES string of the molecule is CCOc1ccccc1NC(C)C1CC1. The molecule has 0 aromatic heterocycles. The number of anilines is 1. The number of nitrogens with one attached hydrogen (secondary N) is 1. The maximum Gasteiger partial charge on any atom is 0.142 e. The lowest BCUT2D eigenvalue weighted by Gasteiger charge is -2.17. The zero-order chi connectivity index (χ0) is 10.7. The number of benzene rings is 1. The third-order valence-corrected chi connectivity index (χ3v) is 2.90. The maximum absolute atomic E-state index is 5.58. The lowest BCUT2D eigenvalue weighted by molar-refractivity contribution is 0.341. The van der Waals surface area contributed by atoms with Crippen molar-refractivity contribution in [1.82, 2.24) is 0 Å². The van der Waals surface area contributed by atoms with Gasteiger partial charge in [0.1, 0.15) is 5.75 Å². The summed E-state index contributed by atoms with van der Waals surface area (Å²) in [6.45, 7) is 4.98. The first kappa shape index (κ1) is 10.3. The standard InChI is InChI=1S/C13H19NO/c1-3-15-13-7-5-4-6-12(13)14-10(2)11-8-9-11/h4-7,10-11,14H,3,8-9H2,1-2H3. The molecule has 2 nitrogen and oxygen atoms in total. The lowest BCUT2D eigenvalue weighted by atomic mass is 10.2. The van der Waals surface area contributed by atoms with E-state index in [4.69, 9.17) is 4.74 Å². The van der Waals surface area contributed by atoms with Crippen LogP contribution in [-0.2, 0) is 0 Å². The van der Waals surface area contributed by atoms with Gasteiger partial charge in [-0.05, 0) is 44.7 Å². The molecule has 0 spiro atoms. The molecule has 1 saturated carbocycles. The third-order valence-electron chi connectivity index (χ3n) is 2.90. The molecule has 1 fully saturated rings. The van der Waals surface area contributed by atoms with Crippen molar-refractivity contribution >= 4 is 5.69 Å². The molecule has 2 rings (SSSR count). The van der Waals surface area contributed by atoms with Crippen LogP contribution in [0.2, 0.25) is 0 Å². The van der Waals surface area contributed by atoms with Crippen molar-refractivity contribution in [1.29, 1.82) is 0 Å². The normalized spacial score (nSPS) is 17.2. The molecule has 1 aliphatic rings. The van der Waals surface area contributed by atoms with Crippen LogP contribution in [0.15, 0.2) is 24.3 Å². The smallest absolute Gasteiger partial charge is 0.142 e. The molecule has 2 heteroatoms. The summed E-state index contributed by atoms with van der Waals surface area (Å²) in [6.07, 6.45) is 2.73. The van der Waals surface area contributed by atoms with Crippen molar-refractivity contribution in [3.63, 3.8) is 0 Å². The van der Waals surface area contributed by atoms with E-state index < -0.39 is 0 Å². The monoisotopic (exact) mass is 205 g/mol. The number of rotatable bonds is 5. The van der Waals surface area contributed by atoms with Gasteiger partial charge in [-0.15, -0.1) is 0 Å². The number of para-hydroxylation sites is 2. The first-order chi connectivity index (χ1) is 7.31. The number of hydrogen-bond donors (Lipinski definition) is 1. The first-order valence-corrected chi connectivity index (χ1v) is 5.79. The summed E-state index contributed by atoms with van der Waals surface area (Å²) >= 11 is 0. The van der Waals surface area contributed by atoms with E-state index in [9.17, 15) is 0 Å². The Bertz CT molecular complexity index is 320. The van der Waals surface area contributed by atoms with E-state index in [-0.39, 0.29) is 0 Å². The van der Waals surface area contributed by atoms with Crippen LogP contribution in [0.25, 0.3) is 0 Å². The fourth-order valence-corrected chi connectivity index (χ4v) is 1.83. The van der Waals surface area contributed by atoms with Crippen molar-refractivity contribution < 1.29 is 4.74 Å². The Morgan fingerprint density at radius 2 is 2.13 bits per heavy atom. The van der Waals surface area contributed by atoms with E-state index in [1.54, 1.807) is 0 Å². The topological polar surface area (TPSA) is 21.3 Å². The highest BCUT2D eigenvalue weighted by molar-refractivity contribution is 5.56. The van der Waals surface area contributed by atoms with Crippen molar-refractivity contribution in [2.24, 2.45) is 5.92 Å². The van der Waals surface area contributed by atoms with Crippen LogP contribution in [0, 0.1) is 5.92 Å². The molecular formula is C13H19NO. The van der Waals surface area contributed by atoms with Gasteiger partial charge in [0.05, 0.1) is 12.3 Å². The third kappa shape index (κ3) is 2.65. The Morgan fingerprint density at radius 3 is 2.80 bits per heavy atom. The molecule has 0 saturated heterocycles. The summed E-state index contributed by atoms with van der Waals surface area (Å²) in [5.74, 6) is 1.83. The highest BCUT2D eigenvalue weighted by atomic mass is 16.5. The summed E-state index contributed by atoms with van der Waals surface area (Å²) in [7, 11) is 0. The van der Waals surface area contributed by atoms with Gasteiger partial charge < -0.3 is 10.1 Å². The van der Waals surface area contributed by atoms with Crippen molar-refractivity contribution in [2.45, 2.75) is 32.7 Å². The molecule has 15 heavy (non-hydrogen) atoms. The van der Waals surface area contributed by atoms with Gasteiger partial charge >= 0.3 is 0 Å². The summed E-state index contributed by atoms with van der Waals surface area (Å²) in [5, 5.41) is 3.53. The van der Waals surface area contributed by atoms with Gasteiger partial charge in [0.15, 0.2) is 0 Å². The molecule has 0 aliphatic heterocycles. The number of hydrogen-bond acceptors (Lipinski definition) is 2. The fourth-order valence-electron chi connectivity index (χ4n) is 1.83. The van der Waals surface area contributed by atoms with Crippen LogP contribution in [-0.4, -0.2) is 12.6 Å². The Kier molecular flexibility index (Phi) is 3.14. The minimum atomic E-state index is 0.562. The molecule has 1 aliphatic carbocycles. The van der Waals surface area contributed by atoms with Gasteiger partial charge in [-0.2, -0.15) is 0 Å². The molecule has 82 valence electrons. The zero-order valence-electron chi connectivity index (χ0n) is 9.49. The Labute approximate surface area is 91.6 Å². The van der Waals surface area contributed by atoms with Gasteiger partial charge in [-0.25, -0.2) is 0 Å². The van der Waals surface area contributed by atoms with Crippen LogP contribution < -0.4 is 10.1 Å². The first-order valence-electron chi connectivity index (χ1n) is 5.79. The van der Waals surface area contributed by atoms with Crippen molar-refractivity contribution in [3.8, 4) is 5.75 Å². The Morgan fingerprint density at radius 1 is 1.40 bits per heavy atom. The second-order valence-corrected chi connectivity index (χ2v) is 4.20. The van der Waals surface area contributed by atoms with Crippen LogP contribution in [0.5, 0.6) is 5.75 Å². The zero-order valence-corrected chi connectivity index (χ0v) is 9.49. The van der Waals surface area contributed by atoms with Gasteiger partial charge in [0.25, 0.3) is 0 Å². The Balaban J connectivity index is 2.04. The maximum atomic E-state index is 5.58. The number of ether oxygens (including phenoxy) is 1. The highest BCUT2D eigenvalue weighted by Crippen LogP contribution is 2.35. The second-order valence-electron chi connectivity index (χ2n) is 4.20. The Hall–Kier alpha value is -1.18. The average Bonchev–Trinajstić information content (AvgIpc) is 3.04. The van der Waals surface area contributed by atoms with Crippen LogP contribution in [0.4, 0.5) is 5.69 Å². The fraction of sp³-hybridized carbons (Fsp3) is 0.538. The van der Waals surface area contributed by atoms with Gasteiger partial charge in [-0.1, -0.05) is 12.1 Å². The summed E-state index contributed by atoms with van der Waals surface area (Å²) in [6, 6.07) is 8.73. The molecule has 0 radical (unpaired) electrons. The molecule has 1 aromatic carbocycles. The van der Waals surface area contributed by atoms with E-state index in [0.717, 1.165) is 24.0 Å². The molecule has 0 heterocycles. The molecule has 1 aromatic rings. The molecule has 1 N–H and O–H groups in total. The van der Waals surface area contributed by atoms with Gasteiger partial charge in [0, 0.05) is 6.04 Å². The second kappa shape index (κ2) is 4.56. The average molecular weight is 205 g/mol.